The van der Waals surface area contributed by atoms with Crippen molar-refractivity contribution in [1.29, 1.82) is 0 Å². The highest BCUT2D eigenvalue weighted by Gasteiger charge is 2.31. The van der Waals surface area contributed by atoms with Crippen molar-refractivity contribution in [2.24, 2.45) is 0 Å². The first-order valence-corrected chi connectivity index (χ1v) is 11.4. The van der Waals surface area contributed by atoms with Gasteiger partial charge in [0.15, 0.2) is 5.82 Å². The summed E-state index contributed by atoms with van der Waals surface area (Å²) in [6.45, 7) is 9.39. The van der Waals surface area contributed by atoms with Gasteiger partial charge < -0.3 is 24.6 Å². The van der Waals surface area contributed by atoms with E-state index in [-0.39, 0.29) is 12.0 Å². The van der Waals surface area contributed by atoms with Crippen LogP contribution in [-0.4, -0.2) is 65.3 Å². The molecule has 174 valence electrons. The number of nitrogens with one attached hydrogen (secondary N) is 1. The SMILES string of the molecule is CC(C)(C)OC(=O)N1CCc2c(nc(-c3ccc4c(c3)CC(=O)N4)nc2N2CCOCC2)C1. The van der Waals surface area contributed by atoms with Gasteiger partial charge in [-0.05, 0) is 51.0 Å². The number of amides is 2. The molecule has 1 N–H and O–H groups in total. The van der Waals surface area contributed by atoms with Gasteiger partial charge in [0.05, 0.1) is 31.9 Å². The van der Waals surface area contributed by atoms with Crippen LogP contribution in [-0.2, 0) is 33.7 Å². The van der Waals surface area contributed by atoms with Gasteiger partial charge in [-0.25, -0.2) is 14.8 Å². The number of ether oxygens (including phenoxy) is 2. The van der Waals surface area contributed by atoms with Crippen molar-refractivity contribution in [2.45, 2.75) is 45.8 Å². The normalized spacial score (nSPS) is 18.0. The van der Waals surface area contributed by atoms with Gasteiger partial charge in [-0.1, -0.05) is 0 Å². The molecule has 0 spiro atoms. The number of fused-ring (bicyclic) bond motifs is 2. The van der Waals surface area contributed by atoms with Crippen LogP contribution in [0.3, 0.4) is 0 Å². The van der Waals surface area contributed by atoms with Crippen molar-refractivity contribution < 1.29 is 19.1 Å². The third kappa shape index (κ3) is 4.50. The molecule has 3 aliphatic heterocycles. The highest BCUT2D eigenvalue weighted by atomic mass is 16.6. The summed E-state index contributed by atoms with van der Waals surface area (Å²) in [4.78, 5) is 38.3. The first-order chi connectivity index (χ1) is 15.8. The Balaban J connectivity index is 1.52. The maximum absolute atomic E-state index is 12.7. The molecule has 9 nitrogen and oxygen atoms in total. The number of rotatable bonds is 2. The average molecular weight is 452 g/mol. The van der Waals surface area contributed by atoms with Gasteiger partial charge in [0.1, 0.15) is 11.4 Å². The molecule has 2 aromatic rings. The molecule has 1 aromatic heterocycles. The standard InChI is InChI=1S/C24H29N5O4/c1-24(2,3)33-23(31)29-7-6-17-19(14-29)26-21(27-22(17)28-8-10-32-11-9-28)15-4-5-18-16(12-15)13-20(30)25-18/h4-5,12H,6-11,13-14H2,1-3H3,(H,25,30). The Bertz CT molecular complexity index is 1100. The molecule has 0 saturated carbocycles. The Labute approximate surface area is 193 Å². The van der Waals surface area contributed by atoms with Crippen molar-refractivity contribution in [3.8, 4) is 11.4 Å². The van der Waals surface area contributed by atoms with Gasteiger partial charge in [0.25, 0.3) is 0 Å². The number of hydrogen-bond acceptors (Lipinski definition) is 7. The molecular weight excluding hydrogens is 422 g/mol. The highest BCUT2D eigenvalue weighted by Crippen LogP contribution is 2.33. The van der Waals surface area contributed by atoms with E-state index in [0.717, 1.165) is 47.0 Å². The molecule has 4 heterocycles. The van der Waals surface area contributed by atoms with Crippen LogP contribution in [0, 0.1) is 0 Å². The first-order valence-electron chi connectivity index (χ1n) is 11.4. The zero-order chi connectivity index (χ0) is 23.2. The van der Waals surface area contributed by atoms with E-state index in [1.807, 2.05) is 39.0 Å². The minimum absolute atomic E-state index is 0.00415. The van der Waals surface area contributed by atoms with Crippen molar-refractivity contribution >= 4 is 23.5 Å². The van der Waals surface area contributed by atoms with Crippen LogP contribution in [0.1, 0.15) is 37.6 Å². The van der Waals surface area contributed by atoms with Crippen molar-refractivity contribution in [3.05, 3.63) is 35.0 Å². The van der Waals surface area contributed by atoms with Crippen LogP contribution < -0.4 is 10.2 Å². The molecule has 33 heavy (non-hydrogen) atoms. The van der Waals surface area contributed by atoms with Gasteiger partial charge in [-0.15, -0.1) is 0 Å². The summed E-state index contributed by atoms with van der Waals surface area (Å²) in [5.41, 5.74) is 4.01. The first kappa shape index (κ1) is 21.6. The minimum Gasteiger partial charge on any atom is -0.444 e. The summed E-state index contributed by atoms with van der Waals surface area (Å²) in [5, 5.41) is 2.87. The lowest BCUT2D eigenvalue weighted by Crippen LogP contribution is -2.42. The molecule has 1 fully saturated rings. The Morgan fingerprint density at radius 3 is 2.70 bits per heavy atom. The fourth-order valence-corrected chi connectivity index (χ4v) is 4.43. The maximum atomic E-state index is 12.7. The predicted molar refractivity (Wildman–Crippen MR) is 123 cm³/mol. The van der Waals surface area contributed by atoms with E-state index < -0.39 is 5.60 Å². The van der Waals surface area contributed by atoms with Crippen LogP contribution in [0.2, 0.25) is 0 Å². The number of nitrogens with zero attached hydrogens (tertiary/aromatic N) is 4. The number of hydrogen-bond donors (Lipinski definition) is 1. The Morgan fingerprint density at radius 2 is 1.94 bits per heavy atom. The smallest absolute Gasteiger partial charge is 0.410 e. The van der Waals surface area contributed by atoms with E-state index in [0.29, 0.717) is 45.0 Å². The average Bonchev–Trinajstić information content (AvgIpc) is 3.16. The molecule has 5 rings (SSSR count). The third-order valence-electron chi connectivity index (χ3n) is 5.99. The molecular formula is C24H29N5O4. The molecule has 0 bridgehead atoms. The van der Waals surface area contributed by atoms with Gasteiger partial charge in [-0.2, -0.15) is 0 Å². The molecule has 0 atom stereocenters. The summed E-state index contributed by atoms with van der Waals surface area (Å²) in [5.74, 6) is 1.51. The van der Waals surface area contributed by atoms with Crippen molar-refractivity contribution in [2.75, 3.05) is 43.1 Å². The molecule has 9 heteroatoms. The number of benzene rings is 1. The van der Waals surface area contributed by atoms with Crippen LogP contribution >= 0.6 is 0 Å². The fourth-order valence-electron chi connectivity index (χ4n) is 4.43. The van der Waals surface area contributed by atoms with Crippen LogP contribution in [0.25, 0.3) is 11.4 Å². The summed E-state index contributed by atoms with van der Waals surface area (Å²) < 4.78 is 11.1. The third-order valence-corrected chi connectivity index (χ3v) is 5.99. The predicted octanol–water partition coefficient (Wildman–Crippen LogP) is 2.77. The largest absolute Gasteiger partial charge is 0.444 e. The second-order valence-electron chi connectivity index (χ2n) is 9.64. The molecule has 3 aliphatic rings. The summed E-state index contributed by atoms with van der Waals surface area (Å²) in [6, 6.07) is 5.82. The van der Waals surface area contributed by atoms with Gasteiger partial charge >= 0.3 is 6.09 Å². The van der Waals surface area contributed by atoms with E-state index in [2.05, 4.69) is 10.2 Å². The second-order valence-corrected chi connectivity index (χ2v) is 9.64. The monoisotopic (exact) mass is 451 g/mol. The number of aromatic nitrogens is 2. The molecule has 0 aliphatic carbocycles. The Kier molecular flexibility index (Phi) is 5.44. The summed E-state index contributed by atoms with van der Waals surface area (Å²) in [7, 11) is 0. The molecule has 1 aromatic carbocycles. The molecule has 0 unspecified atom stereocenters. The van der Waals surface area contributed by atoms with Gasteiger partial charge in [0.2, 0.25) is 5.91 Å². The van der Waals surface area contributed by atoms with Gasteiger partial charge in [0, 0.05) is 36.4 Å². The minimum atomic E-state index is -0.553. The number of carbonyl (C=O) groups excluding carboxylic acids is 2. The van der Waals surface area contributed by atoms with Crippen molar-refractivity contribution in [1.82, 2.24) is 14.9 Å². The Hall–Kier alpha value is -3.20. The van der Waals surface area contributed by atoms with E-state index in [4.69, 9.17) is 19.4 Å². The van der Waals surface area contributed by atoms with Crippen LogP contribution in [0.5, 0.6) is 0 Å². The number of carbonyl (C=O) groups is 2. The topological polar surface area (TPSA) is 96.9 Å². The summed E-state index contributed by atoms with van der Waals surface area (Å²) in [6.07, 6.45) is 0.699. The van der Waals surface area contributed by atoms with E-state index in [9.17, 15) is 9.59 Å². The van der Waals surface area contributed by atoms with E-state index in [1.54, 1.807) is 4.90 Å². The van der Waals surface area contributed by atoms with E-state index in [1.165, 1.54) is 0 Å². The second kappa shape index (κ2) is 8.30. The lowest BCUT2D eigenvalue weighted by atomic mass is 10.0. The van der Waals surface area contributed by atoms with Crippen LogP contribution in [0.4, 0.5) is 16.3 Å². The molecule has 2 amide bonds. The quantitative estimate of drug-likeness (QED) is 0.750. The van der Waals surface area contributed by atoms with Crippen molar-refractivity contribution in [3.63, 3.8) is 0 Å². The highest BCUT2D eigenvalue weighted by molar-refractivity contribution is 5.99. The van der Waals surface area contributed by atoms with Crippen LogP contribution in [0.15, 0.2) is 18.2 Å². The Morgan fingerprint density at radius 1 is 1.15 bits per heavy atom. The van der Waals surface area contributed by atoms with Gasteiger partial charge in [-0.3, -0.25) is 4.79 Å². The fraction of sp³-hybridized carbons (Fsp3) is 0.500. The zero-order valence-electron chi connectivity index (χ0n) is 19.3. The molecule has 0 radical (unpaired) electrons. The van der Waals surface area contributed by atoms with E-state index >= 15 is 0 Å². The maximum Gasteiger partial charge on any atom is 0.410 e. The lowest BCUT2D eigenvalue weighted by Gasteiger charge is -2.34. The zero-order valence-corrected chi connectivity index (χ0v) is 19.3. The number of anilines is 2. The summed E-state index contributed by atoms with van der Waals surface area (Å²) >= 11 is 0. The lowest BCUT2D eigenvalue weighted by molar-refractivity contribution is -0.115. The number of morpholine rings is 1. The molecule has 1 saturated heterocycles.